The van der Waals surface area contributed by atoms with E-state index in [1.807, 2.05) is 0 Å². The zero-order valence-electron chi connectivity index (χ0n) is 13.4. The fourth-order valence-electron chi connectivity index (χ4n) is 3.54. The van der Waals surface area contributed by atoms with E-state index in [2.05, 4.69) is 17.1 Å². The molecule has 1 saturated heterocycles. The van der Waals surface area contributed by atoms with E-state index in [4.69, 9.17) is 4.74 Å². The molecular formula is C17H34N2O. The molecule has 1 saturated carbocycles. The lowest BCUT2D eigenvalue weighted by Crippen LogP contribution is -2.43. The molecule has 1 heterocycles. The molecule has 2 fully saturated rings. The van der Waals surface area contributed by atoms with Crippen molar-refractivity contribution < 1.29 is 4.74 Å². The van der Waals surface area contributed by atoms with Crippen LogP contribution in [0.2, 0.25) is 0 Å². The molecule has 1 aliphatic heterocycles. The molecule has 1 N–H and O–H groups in total. The number of ether oxygens (including phenoxy) is 1. The third-order valence-corrected chi connectivity index (χ3v) is 4.79. The minimum Gasteiger partial charge on any atom is -0.378 e. The van der Waals surface area contributed by atoms with Gasteiger partial charge >= 0.3 is 0 Å². The van der Waals surface area contributed by atoms with Crippen molar-refractivity contribution in [1.82, 2.24) is 10.2 Å². The average molecular weight is 282 g/mol. The minimum atomic E-state index is 0.570. The second-order valence-electron chi connectivity index (χ2n) is 6.55. The van der Waals surface area contributed by atoms with Gasteiger partial charge in [-0.15, -0.1) is 0 Å². The number of piperidine rings is 1. The topological polar surface area (TPSA) is 24.5 Å². The van der Waals surface area contributed by atoms with Crippen molar-refractivity contribution in [3.05, 3.63) is 0 Å². The first-order chi connectivity index (χ1) is 9.88. The SMILES string of the molecule is CCCN1CCC(NCCCOC2CCCCC2)CC1. The van der Waals surface area contributed by atoms with Gasteiger partial charge < -0.3 is 15.0 Å². The summed E-state index contributed by atoms with van der Waals surface area (Å²) in [5.41, 5.74) is 0. The maximum atomic E-state index is 5.97. The fourth-order valence-corrected chi connectivity index (χ4v) is 3.54. The number of likely N-dealkylation sites (tertiary alicyclic amines) is 1. The molecule has 2 aliphatic rings. The summed E-state index contributed by atoms with van der Waals surface area (Å²) in [6.45, 7) is 8.20. The Hall–Kier alpha value is -0.120. The van der Waals surface area contributed by atoms with Gasteiger partial charge in [-0.25, -0.2) is 0 Å². The van der Waals surface area contributed by atoms with Crippen LogP contribution >= 0.6 is 0 Å². The standard InChI is InChI=1S/C17H34N2O/c1-2-12-19-13-9-16(10-14-19)18-11-6-15-20-17-7-4-3-5-8-17/h16-18H,2-15H2,1H3. The molecule has 118 valence electrons. The third-order valence-electron chi connectivity index (χ3n) is 4.79. The van der Waals surface area contributed by atoms with Crippen LogP contribution in [-0.2, 0) is 4.74 Å². The Kier molecular flexibility index (Phi) is 7.92. The Balaban J connectivity index is 1.43. The number of nitrogens with one attached hydrogen (secondary N) is 1. The first-order valence-corrected chi connectivity index (χ1v) is 8.96. The molecule has 0 unspecified atom stereocenters. The molecule has 0 atom stereocenters. The average Bonchev–Trinajstić information content (AvgIpc) is 2.50. The van der Waals surface area contributed by atoms with Gasteiger partial charge in [-0.1, -0.05) is 26.2 Å². The summed E-state index contributed by atoms with van der Waals surface area (Å²) in [5, 5.41) is 3.72. The molecule has 1 aliphatic carbocycles. The van der Waals surface area contributed by atoms with Crippen LogP contribution in [-0.4, -0.2) is 49.8 Å². The summed E-state index contributed by atoms with van der Waals surface area (Å²) >= 11 is 0. The normalized spacial score (nSPS) is 23.2. The highest BCUT2D eigenvalue weighted by molar-refractivity contribution is 4.76. The highest BCUT2D eigenvalue weighted by atomic mass is 16.5. The maximum absolute atomic E-state index is 5.97. The van der Waals surface area contributed by atoms with Crippen LogP contribution in [0.15, 0.2) is 0 Å². The molecule has 20 heavy (non-hydrogen) atoms. The van der Waals surface area contributed by atoms with Crippen molar-refractivity contribution in [2.24, 2.45) is 0 Å². The quantitative estimate of drug-likeness (QED) is 0.692. The molecule has 0 amide bonds. The van der Waals surface area contributed by atoms with Crippen LogP contribution in [0.5, 0.6) is 0 Å². The number of hydrogen-bond acceptors (Lipinski definition) is 3. The summed E-state index contributed by atoms with van der Waals surface area (Å²) in [5.74, 6) is 0. The maximum Gasteiger partial charge on any atom is 0.0575 e. The van der Waals surface area contributed by atoms with E-state index in [0.29, 0.717) is 6.10 Å². The number of rotatable bonds is 8. The van der Waals surface area contributed by atoms with Crippen LogP contribution in [0.1, 0.15) is 64.7 Å². The monoisotopic (exact) mass is 282 g/mol. The van der Waals surface area contributed by atoms with Crippen molar-refractivity contribution in [3.63, 3.8) is 0 Å². The van der Waals surface area contributed by atoms with E-state index in [1.165, 1.54) is 77.4 Å². The minimum absolute atomic E-state index is 0.570. The molecule has 0 aromatic heterocycles. The molecule has 3 heteroatoms. The second kappa shape index (κ2) is 9.75. The summed E-state index contributed by atoms with van der Waals surface area (Å²) in [6.07, 6.45) is 12.4. The van der Waals surface area contributed by atoms with Crippen LogP contribution < -0.4 is 5.32 Å². The molecule has 3 nitrogen and oxygen atoms in total. The summed E-state index contributed by atoms with van der Waals surface area (Å²) in [4.78, 5) is 2.60. The molecular weight excluding hydrogens is 248 g/mol. The van der Waals surface area contributed by atoms with Gasteiger partial charge in [-0.3, -0.25) is 0 Å². The zero-order valence-corrected chi connectivity index (χ0v) is 13.4. The van der Waals surface area contributed by atoms with Crippen molar-refractivity contribution >= 4 is 0 Å². The van der Waals surface area contributed by atoms with Gasteiger partial charge in [-0.2, -0.15) is 0 Å². The second-order valence-corrected chi connectivity index (χ2v) is 6.55. The van der Waals surface area contributed by atoms with E-state index < -0.39 is 0 Å². The Labute approximate surface area is 125 Å². The Morgan fingerprint density at radius 1 is 1.05 bits per heavy atom. The molecule has 0 aromatic carbocycles. The van der Waals surface area contributed by atoms with Crippen molar-refractivity contribution in [2.75, 3.05) is 32.8 Å². The van der Waals surface area contributed by atoms with Crippen LogP contribution in [0.4, 0.5) is 0 Å². The van der Waals surface area contributed by atoms with E-state index in [0.717, 1.165) is 19.2 Å². The van der Waals surface area contributed by atoms with Gasteiger partial charge in [-0.05, 0) is 64.7 Å². The third kappa shape index (κ3) is 6.11. The van der Waals surface area contributed by atoms with Crippen LogP contribution in [0.3, 0.4) is 0 Å². The lowest BCUT2D eigenvalue weighted by atomic mass is 9.98. The number of nitrogens with zero attached hydrogens (tertiary/aromatic N) is 1. The summed E-state index contributed by atoms with van der Waals surface area (Å²) < 4.78 is 5.97. The highest BCUT2D eigenvalue weighted by Gasteiger charge is 2.17. The summed E-state index contributed by atoms with van der Waals surface area (Å²) in [7, 11) is 0. The predicted octanol–water partition coefficient (Wildman–Crippen LogP) is 3.19. The first-order valence-electron chi connectivity index (χ1n) is 8.96. The number of hydrogen-bond donors (Lipinski definition) is 1. The summed E-state index contributed by atoms with van der Waals surface area (Å²) in [6, 6.07) is 0.748. The predicted molar refractivity (Wildman–Crippen MR) is 85.2 cm³/mol. The molecule has 0 aromatic rings. The van der Waals surface area contributed by atoms with Crippen molar-refractivity contribution in [3.8, 4) is 0 Å². The van der Waals surface area contributed by atoms with Gasteiger partial charge in [0.25, 0.3) is 0 Å². The molecule has 0 bridgehead atoms. The van der Waals surface area contributed by atoms with E-state index in [1.54, 1.807) is 0 Å². The van der Waals surface area contributed by atoms with Crippen LogP contribution in [0, 0.1) is 0 Å². The zero-order chi connectivity index (χ0) is 14.0. The van der Waals surface area contributed by atoms with Crippen molar-refractivity contribution in [1.29, 1.82) is 0 Å². The Morgan fingerprint density at radius 3 is 2.50 bits per heavy atom. The van der Waals surface area contributed by atoms with Gasteiger partial charge in [0.1, 0.15) is 0 Å². The molecule has 2 rings (SSSR count). The lowest BCUT2D eigenvalue weighted by molar-refractivity contribution is 0.0268. The first kappa shape index (κ1) is 16.3. The Bertz CT molecular complexity index is 233. The van der Waals surface area contributed by atoms with Gasteiger partial charge in [0, 0.05) is 12.6 Å². The largest absolute Gasteiger partial charge is 0.378 e. The van der Waals surface area contributed by atoms with E-state index in [9.17, 15) is 0 Å². The van der Waals surface area contributed by atoms with Gasteiger partial charge in [0.2, 0.25) is 0 Å². The highest BCUT2D eigenvalue weighted by Crippen LogP contribution is 2.20. The smallest absolute Gasteiger partial charge is 0.0575 e. The Morgan fingerprint density at radius 2 is 1.80 bits per heavy atom. The fraction of sp³-hybridized carbons (Fsp3) is 1.00. The van der Waals surface area contributed by atoms with Gasteiger partial charge in [0.15, 0.2) is 0 Å². The molecule has 0 radical (unpaired) electrons. The lowest BCUT2D eigenvalue weighted by Gasteiger charge is -2.32. The van der Waals surface area contributed by atoms with E-state index >= 15 is 0 Å². The van der Waals surface area contributed by atoms with Crippen molar-refractivity contribution in [2.45, 2.75) is 76.9 Å². The van der Waals surface area contributed by atoms with Crippen LogP contribution in [0.25, 0.3) is 0 Å². The van der Waals surface area contributed by atoms with E-state index in [-0.39, 0.29) is 0 Å². The molecule has 0 spiro atoms. The van der Waals surface area contributed by atoms with Gasteiger partial charge in [0.05, 0.1) is 6.10 Å².